The van der Waals surface area contributed by atoms with Gasteiger partial charge in [0.2, 0.25) is 0 Å². The van der Waals surface area contributed by atoms with Crippen LogP contribution in [-0.2, 0) is 12.8 Å². The van der Waals surface area contributed by atoms with Crippen molar-refractivity contribution >= 4 is 15.0 Å². The van der Waals surface area contributed by atoms with Gasteiger partial charge < -0.3 is 25.2 Å². The van der Waals surface area contributed by atoms with E-state index in [9.17, 15) is 25.2 Å². The van der Waals surface area contributed by atoms with Crippen molar-refractivity contribution in [2.24, 2.45) is 0 Å². The summed E-state index contributed by atoms with van der Waals surface area (Å²) in [5, 5.41) is 42.3. The van der Waals surface area contributed by atoms with Gasteiger partial charge in [0.1, 0.15) is 40.2 Å². The summed E-state index contributed by atoms with van der Waals surface area (Å²) >= 11 is 0. The van der Waals surface area contributed by atoms with Crippen molar-refractivity contribution < 1.29 is 30.0 Å². The van der Waals surface area contributed by atoms with E-state index in [1.807, 2.05) is 0 Å². The molecule has 0 amide bonds. The highest BCUT2D eigenvalue weighted by atomic mass is 31.0. The topological polar surface area (TPSA) is 107 Å². The largest absolute Gasteiger partial charge is 0.508 e. The van der Waals surface area contributed by atoms with Crippen molar-refractivity contribution in [3.8, 4) is 28.7 Å². The lowest BCUT2D eigenvalue weighted by molar-refractivity contribution is 0.0911. The summed E-state index contributed by atoms with van der Waals surface area (Å²) in [5.74, 6) is -1.19. The summed E-state index contributed by atoms with van der Waals surface area (Å²) in [6, 6.07) is 13.3. The van der Waals surface area contributed by atoms with Crippen LogP contribution in [0.1, 0.15) is 39.0 Å². The number of ketones is 1. The minimum absolute atomic E-state index is 0.0161. The minimum Gasteiger partial charge on any atom is -0.508 e. The molecule has 4 rings (SSSR count). The first kappa shape index (κ1) is 20.0. The number of hydrogen-bond acceptors (Lipinski definition) is 6. The van der Waals surface area contributed by atoms with Crippen LogP contribution in [0, 0.1) is 0 Å². The summed E-state index contributed by atoms with van der Waals surface area (Å²) in [5.41, 5.74) is 1.47. The molecule has 0 radical (unpaired) electrons. The zero-order chi connectivity index (χ0) is 21.4. The van der Waals surface area contributed by atoms with Crippen LogP contribution in [0.2, 0.25) is 0 Å². The standard InChI is InChI=1S/C23H21O6P/c24-16-7-3-1-5-12(16)9-14-21(27)15(10-13-6-2-4-8-17(13)25)23-20(22(14)28)18(26)11-19(30)29-23/h1-8,19,24-25,27-28H,9-11,30H2/t19-/m1/s1. The lowest BCUT2D eigenvalue weighted by Crippen LogP contribution is -2.23. The molecule has 7 heteroatoms. The highest BCUT2D eigenvalue weighted by Gasteiger charge is 2.34. The maximum Gasteiger partial charge on any atom is 0.174 e. The number of rotatable bonds is 4. The smallest absolute Gasteiger partial charge is 0.174 e. The molecule has 0 spiro atoms. The molecule has 6 nitrogen and oxygen atoms in total. The number of benzene rings is 3. The average Bonchev–Trinajstić information content (AvgIpc) is 2.70. The Labute approximate surface area is 175 Å². The zero-order valence-electron chi connectivity index (χ0n) is 16.0. The molecular weight excluding hydrogens is 403 g/mol. The van der Waals surface area contributed by atoms with Crippen molar-refractivity contribution in [1.29, 1.82) is 0 Å². The van der Waals surface area contributed by atoms with Gasteiger partial charge in [-0.3, -0.25) is 4.79 Å². The summed E-state index contributed by atoms with van der Waals surface area (Å²) in [4.78, 5) is 12.7. The van der Waals surface area contributed by atoms with Crippen LogP contribution in [0.4, 0.5) is 0 Å². The second-order valence-electron chi connectivity index (χ2n) is 7.25. The number of ether oxygens (including phenoxy) is 1. The lowest BCUT2D eigenvalue weighted by atomic mass is 9.89. The fraction of sp³-hybridized carbons (Fsp3) is 0.174. The Morgan fingerprint density at radius 2 is 1.37 bits per heavy atom. The quantitative estimate of drug-likeness (QED) is 0.474. The molecule has 4 N–H and O–H groups in total. The summed E-state index contributed by atoms with van der Waals surface area (Å²) in [7, 11) is 2.42. The molecule has 0 bridgehead atoms. The first-order valence-corrected chi connectivity index (χ1v) is 10.1. The van der Waals surface area contributed by atoms with Crippen molar-refractivity contribution in [3.63, 3.8) is 0 Å². The monoisotopic (exact) mass is 424 g/mol. The van der Waals surface area contributed by atoms with Gasteiger partial charge >= 0.3 is 0 Å². The Balaban J connectivity index is 1.91. The molecule has 0 saturated heterocycles. The van der Waals surface area contributed by atoms with Crippen LogP contribution in [0.5, 0.6) is 28.7 Å². The Bertz CT molecular complexity index is 1140. The van der Waals surface area contributed by atoms with Gasteiger partial charge in [-0.1, -0.05) is 45.6 Å². The third-order valence-electron chi connectivity index (χ3n) is 5.25. The molecule has 0 aliphatic carbocycles. The van der Waals surface area contributed by atoms with Crippen molar-refractivity contribution in [2.45, 2.75) is 25.1 Å². The van der Waals surface area contributed by atoms with Crippen molar-refractivity contribution in [1.82, 2.24) is 0 Å². The number of hydrogen-bond donors (Lipinski definition) is 4. The molecule has 3 aromatic rings. The second kappa shape index (κ2) is 7.88. The molecule has 1 unspecified atom stereocenters. The fourth-order valence-corrected chi connectivity index (χ4v) is 4.06. The summed E-state index contributed by atoms with van der Waals surface area (Å²) < 4.78 is 5.83. The van der Waals surface area contributed by atoms with E-state index in [4.69, 9.17) is 4.74 Å². The molecule has 3 aromatic carbocycles. The van der Waals surface area contributed by atoms with Gasteiger partial charge in [0, 0.05) is 24.0 Å². The number of Topliss-reactive ketones (excluding diaryl/α,β-unsaturated/α-hetero) is 1. The highest BCUT2D eigenvalue weighted by Crippen LogP contribution is 2.48. The third-order valence-corrected chi connectivity index (χ3v) is 5.62. The number of carbonyl (C=O) groups excluding carboxylic acids is 1. The Hall–Kier alpha value is -3.24. The molecule has 2 atom stereocenters. The Morgan fingerprint density at radius 3 is 1.93 bits per heavy atom. The summed E-state index contributed by atoms with van der Waals surface area (Å²) in [6.07, 6.45) is 0.185. The number of phenols is 4. The molecule has 0 fully saturated rings. The first-order valence-electron chi connectivity index (χ1n) is 9.45. The number of phenolic OH excluding ortho intramolecular Hbond substituents is 4. The molecule has 1 heterocycles. The Kier molecular flexibility index (Phi) is 5.27. The molecular formula is C23H21O6P. The lowest BCUT2D eigenvalue weighted by Gasteiger charge is -2.27. The molecule has 154 valence electrons. The normalized spacial score (nSPS) is 15.5. The van der Waals surface area contributed by atoms with E-state index in [1.165, 1.54) is 12.1 Å². The van der Waals surface area contributed by atoms with Crippen LogP contribution in [0.15, 0.2) is 48.5 Å². The fourth-order valence-electron chi connectivity index (χ4n) is 3.71. The van der Waals surface area contributed by atoms with E-state index in [0.29, 0.717) is 16.7 Å². The molecule has 1 aliphatic rings. The van der Waals surface area contributed by atoms with Gasteiger partial charge in [0.25, 0.3) is 0 Å². The van der Waals surface area contributed by atoms with Gasteiger partial charge in [0.15, 0.2) is 5.78 Å². The van der Waals surface area contributed by atoms with Gasteiger partial charge in [-0.05, 0) is 23.3 Å². The highest BCUT2D eigenvalue weighted by molar-refractivity contribution is 7.17. The van der Waals surface area contributed by atoms with E-state index in [-0.39, 0.29) is 64.9 Å². The summed E-state index contributed by atoms with van der Waals surface area (Å²) in [6.45, 7) is 0. The van der Waals surface area contributed by atoms with E-state index in [1.54, 1.807) is 36.4 Å². The third kappa shape index (κ3) is 3.55. The van der Waals surface area contributed by atoms with E-state index in [2.05, 4.69) is 9.24 Å². The average molecular weight is 424 g/mol. The van der Waals surface area contributed by atoms with E-state index < -0.39 is 5.85 Å². The predicted octanol–water partition coefficient (Wildman–Crippen LogP) is 3.86. The predicted molar refractivity (Wildman–Crippen MR) is 115 cm³/mol. The second-order valence-corrected chi connectivity index (χ2v) is 8.00. The SMILES string of the molecule is O=C1C[C@@H](P)Oc2c(Cc3ccccc3O)c(O)c(Cc3ccccc3O)c(O)c21. The van der Waals surface area contributed by atoms with E-state index in [0.717, 1.165) is 0 Å². The Morgan fingerprint density at radius 1 is 0.833 bits per heavy atom. The van der Waals surface area contributed by atoms with Gasteiger partial charge in [-0.25, -0.2) is 0 Å². The number of para-hydroxylation sites is 2. The van der Waals surface area contributed by atoms with Crippen LogP contribution < -0.4 is 4.74 Å². The molecule has 0 saturated carbocycles. The maximum absolute atomic E-state index is 12.7. The zero-order valence-corrected chi connectivity index (χ0v) is 17.2. The molecule has 0 aromatic heterocycles. The number of aromatic hydroxyl groups is 4. The first-order chi connectivity index (χ1) is 14.4. The van der Waals surface area contributed by atoms with E-state index >= 15 is 0 Å². The van der Waals surface area contributed by atoms with Crippen LogP contribution in [0.3, 0.4) is 0 Å². The molecule has 1 aliphatic heterocycles. The minimum atomic E-state index is -0.490. The van der Waals surface area contributed by atoms with Crippen LogP contribution >= 0.6 is 9.24 Å². The molecule has 30 heavy (non-hydrogen) atoms. The van der Waals surface area contributed by atoms with Gasteiger partial charge in [0.05, 0.1) is 6.42 Å². The van der Waals surface area contributed by atoms with Crippen LogP contribution in [-0.4, -0.2) is 32.1 Å². The van der Waals surface area contributed by atoms with Crippen molar-refractivity contribution in [3.05, 3.63) is 76.3 Å². The maximum atomic E-state index is 12.7. The van der Waals surface area contributed by atoms with Gasteiger partial charge in [-0.15, -0.1) is 0 Å². The number of carbonyl (C=O) groups is 1. The number of fused-ring (bicyclic) bond motifs is 1. The van der Waals surface area contributed by atoms with Crippen LogP contribution in [0.25, 0.3) is 0 Å². The van der Waals surface area contributed by atoms with Crippen molar-refractivity contribution in [2.75, 3.05) is 0 Å². The van der Waals surface area contributed by atoms with Gasteiger partial charge in [-0.2, -0.15) is 0 Å².